The molecule has 0 radical (unpaired) electrons. The minimum absolute atomic E-state index is 0.181. The maximum absolute atomic E-state index is 13.4. The lowest BCUT2D eigenvalue weighted by Crippen LogP contribution is -2.06. The minimum Gasteiger partial charge on any atom is -0.490 e. The fourth-order valence-corrected chi connectivity index (χ4v) is 1.14. The Kier molecular flexibility index (Phi) is 4.14. The van der Waals surface area contributed by atoms with Crippen molar-refractivity contribution in [2.75, 3.05) is 6.61 Å². The Morgan fingerprint density at radius 2 is 2.33 bits per heavy atom. The molecule has 0 aliphatic heterocycles. The van der Waals surface area contributed by atoms with E-state index < -0.39 is 5.82 Å². The number of nitrogens with two attached hydrogens (primary N) is 1. The van der Waals surface area contributed by atoms with Gasteiger partial charge >= 0.3 is 0 Å². The predicted octanol–water partition coefficient (Wildman–Crippen LogP) is 2.25. The molecule has 0 aliphatic carbocycles. The molecule has 1 aromatic rings. The maximum atomic E-state index is 13.4. The average Bonchev–Trinajstić information content (AvgIpc) is 2.20. The standard InChI is InChI=1S/C12H14FNO/c1-3-4-7-15-12-6-5-10(9(2)14)8-11(12)13/h1,5-6,8-9H,4,7,14H2,2H3/t9-/m1/s1. The van der Waals surface area contributed by atoms with E-state index in [-0.39, 0.29) is 11.8 Å². The van der Waals surface area contributed by atoms with Crippen LogP contribution in [0.3, 0.4) is 0 Å². The van der Waals surface area contributed by atoms with Gasteiger partial charge in [-0.25, -0.2) is 4.39 Å². The van der Waals surface area contributed by atoms with Crippen molar-refractivity contribution in [1.82, 2.24) is 0 Å². The molecule has 1 atom stereocenters. The summed E-state index contributed by atoms with van der Waals surface area (Å²) < 4.78 is 18.6. The van der Waals surface area contributed by atoms with Gasteiger partial charge in [-0.2, -0.15) is 0 Å². The second kappa shape index (κ2) is 5.38. The van der Waals surface area contributed by atoms with Crippen molar-refractivity contribution >= 4 is 0 Å². The highest BCUT2D eigenvalue weighted by molar-refractivity contribution is 5.30. The van der Waals surface area contributed by atoms with Gasteiger partial charge in [0.05, 0.1) is 6.61 Å². The summed E-state index contributed by atoms with van der Waals surface area (Å²) in [4.78, 5) is 0. The average molecular weight is 207 g/mol. The quantitative estimate of drug-likeness (QED) is 0.607. The van der Waals surface area contributed by atoms with Crippen LogP contribution in [0.15, 0.2) is 18.2 Å². The van der Waals surface area contributed by atoms with E-state index in [1.54, 1.807) is 19.1 Å². The van der Waals surface area contributed by atoms with Crippen LogP contribution in [0.1, 0.15) is 24.9 Å². The molecule has 0 saturated heterocycles. The van der Waals surface area contributed by atoms with Crippen LogP contribution in [0.2, 0.25) is 0 Å². The summed E-state index contributed by atoms with van der Waals surface area (Å²) in [5.74, 6) is 2.24. The zero-order chi connectivity index (χ0) is 11.3. The molecule has 0 aromatic heterocycles. The Balaban J connectivity index is 2.71. The predicted molar refractivity (Wildman–Crippen MR) is 57.9 cm³/mol. The van der Waals surface area contributed by atoms with Crippen LogP contribution in [0.25, 0.3) is 0 Å². The molecular weight excluding hydrogens is 193 g/mol. The first-order chi connectivity index (χ1) is 7.15. The van der Waals surface area contributed by atoms with E-state index in [2.05, 4.69) is 5.92 Å². The van der Waals surface area contributed by atoms with E-state index >= 15 is 0 Å². The van der Waals surface area contributed by atoms with Crippen LogP contribution in [0, 0.1) is 18.2 Å². The Labute approximate surface area is 89.2 Å². The van der Waals surface area contributed by atoms with Crippen molar-refractivity contribution in [3.8, 4) is 18.1 Å². The first-order valence-corrected chi connectivity index (χ1v) is 4.76. The lowest BCUT2D eigenvalue weighted by atomic mass is 10.1. The summed E-state index contributed by atoms with van der Waals surface area (Å²) >= 11 is 0. The first kappa shape index (κ1) is 11.5. The second-order valence-electron chi connectivity index (χ2n) is 3.28. The van der Waals surface area contributed by atoms with Gasteiger partial charge in [0.15, 0.2) is 11.6 Å². The summed E-state index contributed by atoms with van der Waals surface area (Å²) in [6, 6.07) is 4.53. The van der Waals surface area contributed by atoms with E-state index in [0.717, 1.165) is 5.56 Å². The lowest BCUT2D eigenvalue weighted by molar-refractivity contribution is 0.309. The molecule has 80 valence electrons. The number of rotatable bonds is 4. The molecule has 0 saturated carbocycles. The van der Waals surface area contributed by atoms with Crippen molar-refractivity contribution in [2.45, 2.75) is 19.4 Å². The van der Waals surface area contributed by atoms with E-state index in [1.807, 2.05) is 0 Å². The summed E-state index contributed by atoms with van der Waals surface area (Å²) in [6.07, 6.45) is 5.52. The topological polar surface area (TPSA) is 35.2 Å². The van der Waals surface area contributed by atoms with Gasteiger partial charge in [0.25, 0.3) is 0 Å². The Hall–Kier alpha value is -1.53. The Morgan fingerprint density at radius 1 is 1.60 bits per heavy atom. The fraction of sp³-hybridized carbons (Fsp3) is 0.333. The van der Waals surface area contributed by atoms with Gasteiger partial charge in [-0.05, 0) is 24.6 Å². The number of hydrogen-bond acceptors (Lipinski definition) is 2. The van der Waals surface area contributed by atoms with E-state index in [1.165, 1.54) is 6.07 Å². The molecule has 1 aromatic carbocycles. The summed E-state index contributed by atoms with van der Waals surface area (Å²) in [6.45, 7) is 2.12. The van der Waals surface area contributed by atoms with Gasteiger partial charge in [-0.3, -0.25) is 0 Å². The van der Waals surface area contributed by atoms with Gasteiger partial charge in [0.1, 0.15) is 0 Å². The third-order valence-corrected chi connectivity index (χ3v) is 1.99. The third-order valence-electron chi connectivity index (χ3n) is 1.99. The monoisotopic (exact) mass is 207 g/mol. The summed E-state index contributed by atoms with van der Waals surface area (Å²) in [5, 5.41) is 0. The molecule has 0 unspecified atom stereocenters. The number of hydrogen-bond donors (Lipinski definition) is 1. The molecule has 0 fully saturated rings. The first-order valence-electron chi connectivity index (χ1n) is 4.76. The number of halogens is 1. The van der Waals surface area contributed by atoms with Crippen molar-refractivity contribution < 1.29 is 9.13 Å². The van der Waals surface area contributed by atoms with Crippen molar-refractivity contribution in [1.29, 1.82) is 0 Å². The highest BCUT2D eigenvalue weighted by atomic mass is 19.1. The van der Waals surface area contributed by atoms with Crippen LogP contribution < -0.4 is 10.5 Å². The van der Waals surface area contributed by atoms with Crippen LogP contribution in [0.4, 0.5) is 4.39 Å². The molecule has 0 heterocycles. The molecule has 1 rings (SSSR count). The van der Waals surface area contributed by atoms with Gasteiger partial charge in [-0.15, -0.1) is 12.3 Å². The van der Waals surface area contributed by atoms with Crippen molar-refractivity contribution in [3.63, 3.8) is 0 Å². The fourth-order valence-electron chi connectivity index (χ4n) is 1.14. The molecule has 15 heavy (non-hydrogen) atoms. The van der Waals surface area contributed by atoms with Gasteiger partial charge < -0.3 is 10.5 Å². The second-order valence-corrected chi connectivity index (χ2v) is 3.28. The van der Waals surface area contributed by atoms with E-state index in [9.17, 15) is 4.39 Å². The van der Waals surface area contributed by atoms with Crippen LogP contribution >= 0.6 is 0 Å². The number of ether oxygens (including phenoxy) is 1. The number of benzene rings is 1. The minimum atomic E-state index is -0.401. The lowest BCUT2D eigenvalue weighted by Gasteiger charge is -2.09. The van der Waals surface area contributed by atoms with E-state index in [4.69, 9.17) is 16.9 Å². The molecule has 0 spiro atoms. The summed E-state index contributed by atoms with van der Waals surface area (Å²) in [7, 11) is 0. The SMILES string of the molecule is C#CCCOc1ccc([C@@H](C)N)cc1F. The third kappa shape index (κ3) is 3.26. The summed E-state index contributed by atoms with van der Waals surface area (Å²) in [5.41, 5.74) is 6.37. The molecule has 0 amide bonds. The maximum Gasteiger partial charge on any atom is 0.165 e. The van der Waals surface area contributed by atoms with Crippen LogP contribution in [0.5, 0.6) is 5.75 Å². The smallest absolute Gasteiger partial charge is 0.165 e. The van der Waals surface area contributed by atoms with Gasteiger partial charge in [0, 0.05) is 12.5 Å². The zero-order valence-electron chi connectivity index (χ0n) is 8.66. The zero-order valence-corrected chi connectivity index (χ0v) is 8.66. The highest BCUT2D eigenvalue weighted by Crippen LogP contribution is 2.21. The van der Waals surface area contributed by atoms with Crippen LogP contribution in [-0.4, -0.2) is 6.61 Å². The van der Waals surface area contributed by atoms with E-state index in [0.29, 0.717) is 13.0 Å². The Bertz CT molecular complexity index is 368. The largest absolute Gasteiger partial charge is 0.490 e. The number of terminal acetylenes is 1. The van der Waals surface area contributed by atoms with Crippen LogP contribution in [-0.2, 0) is 0 Å². The molecule has 2 nitrogen and oxygen atoms in total. The highest BCUT2D eigenvalue weighted by Gasteiger charge is 2.06. The Morgan fingerprint density at radius 3 is 2.87 bits per heavy atom. The molecule has 0 bridgehead atoms. The molecule has 3 heteroatoms. The van der Waals surface area contributed by atoms with Crippen molar-refractivity contribution in [3.05, 3.63) is 29.6 Å². The molecule has 0 aliphatic rings. The van der Waals surface area contributed by atoms with Gasteiger partial charge in [0.2, 0.25) is 0 Å². The normalized spacial score (nSPS) is 11.9. The van der Waals surface area contributed by atoms with Crippen molar-refractivity contribution in [2.24, 2.45) is 5.73 Å². The van der Waals surface area contributed by atoms with Gasteiger partial charge in [-0.1, -0.05) is 6.07 Å². The molecule has 2 N–H and O–H groups in total. The molecular formula is C12H14FNO.